The van der Waals surface area contributed by atoms with Crippen LogP contribution in [-0.4, -0.2) is 23.2 Å². The summed E-state index contributed by atoms with van der Waals surface area (Å²) < 4.78 is 0. The van der Waals surface area contributed by atoms with Gasteiger partial charge in [-0.05, 0) is 6.92 Å². The van der Waals surface area contributed by atoms with E-state index in [-0.39, 0.29) is 0 Å². The molecule has 0 spiro atoms. The van der Waals surface area contributed by atoms with Gasteiger partial charge in [0, 0.05) is 24.5 Å². The van der Waals surface area contributed by atoms with Crippen LogP contribution in [0.3, 0.4) is 0 Å². The highest BCUT2D eigenvalue weighted by atomic mass is 14.8. The lowest BCUT2D eigenvalue weighted by atomic mass is 10.2. The van der Waals surface area contributed by atoms with Gasteiger partial charge in [0.25, 0.3) is 0 Å². The quantitative estimate of drug-likeness (QED) is 0.616. The second-order valence-corrected chi connectivity index (χ2v) is 2.35. The molecule has 0 amide bonds. The maximum Gasteiger partial charge on any atom is 0.116 e. The minimum atomic E-state index is 0.819. The molecule has 0 fully saturated rings. The van der Waals surface area contributed by atoms with Crippen molar-refractivity contribution in [2.24, 2.45) is 4.99 Å². The summed E-state index contributed by atoms with van der Waals surface area (Å²) in [4.78, 5) is 12.0. The zero-order valence-corrected chi connectivity index (χ0v) is 7.28. The number of aromatic nitrogens is 2. The lowest BCUT2D eigenvalue weighted by Gasteiger charge is -2.00. The number of aliphatic imine (C=N–C) groups is 1. The van der Waals surface area contributed by atoms with Gasteiger partial charge in [-0.15, -0.1) is 0 Å². The Hall–Kier alpha value is -1.51. The fourth-order valence-corrected chi connectivity index (χ4v) is 0.980. The standard InChI is InChI=1S/C9H11N3/c1-4-8-7(2)11-6-12-9(8)5-10-3/h4-6H,1H2,2-3H3/b10-5-. The Labute approximate surface area is 71.9 Å². The van der Waals surface area contributed by atoms with E-state index in [1.807, 2.05) is 6.92 Å². The Kier molecular flexibility index (Phi) is 2.69. The van der Waals surface area contributed by atoms with Gasteiger partial charge in [-0.1, -0.05) is 12.7 Å². The summed E-state index contributed by atoms with van der Waals surface area (Å²) in [5, 5.41) is 0. The topological polar surface area (TPSA) is 38.1 Å². The van der Waals surface area contributed by atoms with Crippen LogP contribution in [0.25, 0.3) is 6.08 Å². The first-order valence-corrected chi connectivity index (χ1v) is 3.65. The summed E-state index contributed by atoms with van der Waals surface area (Å²) >= 11 is 0. The zero-order valence-electron chi connectivity index (χ0n) is 7.28. The molecular weight excluding hydrogens is 150 g/mol. The van der Waals surface area contributed by atoms with Gasteiger partial charge in [-0.2, -0.15) is 0 Å². The van der Waals surface area contributed by atoms with Crippen LogP contribution in [0, 0.1) is 6.92 Å². The molecule has 0 radical (unpaired) electrons. The van der Waals surface area contributed by atoms with Gasteiger partial charge in [0.05, 0.1) is 5.69 Å². The highest BCUT2D eigenvalue weighted by molar-refractivity contribution is 5.83. The van der Waals surface area contributed by atoms with E-state index < -0.39 is 0 Å². The molecule has 62 valence electrons. The van der Waals surface area contributed by atoms with Crippen LogP contribution in [0.15, 0.2) is 17.9 Å². The molecule has 1 aromatic rings. The van der Waals surface area contributed by atoms with Crippen molar-refractivity contribution in [1.29, 1.82) is 0 Å². The number of aryl methyl sites for hydroxylation is 1. The van der Waals surface area contributed by atoms with E-state index in [9.17, 15) is 0 Å². The molecule has 0 atom stereocenters. The van der Waals surface area contributed by atoms with Crippen LogP contribution < -0.4 is 0 Å². The molecule has 0 aliphatic rings. The molecule has 0 aliphatic heterocycles. The normalized spacial score (nSPS) is 10.5. The molecule has 0 saturated carbocycles. The summed E-state index contributed by atoms with van der Waals surface area (Å²) in [7, 11) is 1.71. The summed E-state index contributed by atoms with van der Waals surface area (Å²) in [5.74, 6) is 0. The average molecular weight is 161 g/mol. The lowest BCUT2D eigenvalue weighted by Crippen LogP contribution is -1.97. The molecule has 0 aromatic carbocycles. The summed E-state index contributed by atoms with van der Waals surface area (Å²) in [5.41, 5.74) is 2.69. The van der Waals surface area contributed by atoms with E-state index in [2.05, 4.69) is 21.5 Å². The molecule has 3 heteroatoms. The van der Waals surface area contributed by atoms with Gasteiger partial charge in [-0.3, -0.25) is 4.99 Å². The summed E-state index contributed by atoms with van der Waals surface area (Å²) in [6.07, 6.45) is 4.97. The van der Waals surface area contributed by atoms with E-state index >= 15 is 0 Å². The molecule has 1 heterocycles. The SMILES string of the molecule is C=Cc1c(C)ncnc1/C=N\C. The van der Waals surface area contributed by atoms with Crippen molar-refractivity contribution < 1.29 is 0 Å². The molecule has 0 bridgehead atoms. The second-order valence-electron chi connectivity index (χ2n) is 2.35. The molecule has 0 saturated heterocycles. The van der Waals surface area contributed by atoms with E-state index in [0.29, 0.717) is 0 Å². The number of nitrogens with zero attached hydrogens (tertiary/aromatic N) is 3. The maximum absolute atomic E-state index is 4.07. The van der Waals surface area contributed by atoms with E-state index in [4.69, 9.17) is 0 Å². The molecule has 0 aliphatic carbocycles. The van der Waals surface area contributed by atoms with Gasteiger partial charge >= 0.3 is 0 Å². The highest BCUT2D eigenvalue weighted by Gasteiger charge is 2.00. The van der Waals surface area contributed by atoms with Gasteiger partial charge in [0.1, 0.15) is 6.33 Å². The molecule has 0 unspecified atom stereocenters. The van der Waals surface area contributed by atoms with Crippen LogP contribution in [0.5, 0.6) is 0 Å². The monoisotopic (exact) mass is 161 g/mol. The zero-order chi connectivity index (χ0) is 8.97. The first kappa shape index (κ1) is 8.59. The Balaban J connectivity index is 3.27. The Morgan fingerprint density at radius 1 is 1.50 bits per heavy atom. The number of hydrogen-bond donors (Lipinski definition) is 0. The molecule has 0 N–H and O–H groups in total. The Morgan fingerprint density at radius 3 is 2.83 bits per heavy atom. The van der Waals surface area contributed by atoms with Crippen LogP contribution in [0.2, 0.25) is 0 Å². The molecule has 1 aromatic heterocycles. The minimum Gasteiger partial charge on any atom is -0.294 e. The summed E-state index contributed by atoms with van der Waals surface area (Å²) in [6, 6.07) is 0. The average Bonchev–Trinajstić information content (AvgIpc) is 2.05. The van der Waals surface area contributed by atoms with Gasteiger partial charge in [0.15, 0.2) is 0 Å². The molecule has 3 nitrogen and oxygen atoms in total. The Bertz CT molecular complexity index is 316. The van der Waals surface area contributed by atoms with Crippen molar-refractivity contribution in [1.82, 2.24) is 9.97 Å². The largest absolute Gasteiger partial charge is 0.294 e. The Morgan fingerprint density at radius 2 is 2.25 bits per heavy atom. The third kappa shape index (κ3) is 1.56. The first-order valence-electron chi connectivity index (χ1n) is 3.65. The first-order chi connectivity index (χ1) is 5.79. The van der Waals surface area contributed by atoms with E-state index in [1.165, 1.54) is 6.33 Å². The minimum absolute atomic E-state index is 0.819. The highest BCUT2D eigenvalue weighted by Crippen LogP contribution is 2.07. The van der Waals surface area contributed by atoms with Crippen LogP contribution >= 0.6 is 0 Å². The van der Waals surface area contributed by atoms with E-state index in [0.717, 1.165) is 17.0 Å². The van der Waals surface area contributed by atoms with E-state index in [1.54, 1.807) is 19.3 Å². The second kappa shape index (κ2) is 3.76. The predicted molar refractivity (Wildman–Crippen MR) is 50.4 cm³/mol. The fraction of sp³-hybridized carbons (Fsp3) is 0.222. The van der Waals surface area contributed by atoms with Crippen molar-refractivity contribution in [2.45, 2.75) is 6.92 Å². The van der Waals surface area contributed by atoms with Gasteiger partial charge in [-0.25, -0.2) is 9.97 Å². The van der Waals surface area contributed by atoms with Crippen molar-refractivity contribution in [3.05, 3.63) is 29.9 Å². The third-order valence-corrected chi connectivity index (χ3v) is 1.57. The van der Waals surface area contributed by atoms with Crippen molar-refractivity contribution >= 4 is 12.3 Å². The van der Waals surface area contributed by atoms with Crippen molar-refractivity contribution in [3.8, 4) is 0 Å². The van der Waals surface area contributed by atoms with Crippen molar-refractivity contribution in [3.63, 3.8) is 0 Å². The lowest BCUT2D eigenvalue weighted by molar-refractivity contribution is 1.08. The summed E-state index contributed by atoms with van der Waals surface area (Å²) in [6.45, 7) is 5.62. The predicted octanol–water partition coefficient (Wildman–Crippen LogP) is 1.48. The third-order valence-electron chi connectivity index (χ3n) is 1.57. The smallest absolute Gasteiger partial charge is 0.116 e. The number of hydrogen-bond acceptors (Lipinski definition) is 3. The maximum atomic E-state index is 4.07. The van der Waals surface area contributed by atoms with Crippen molar-refractivity contribution in [2.75, 3.05) is 7.05 Å². The number of rotatable bonds is 2. The fourth-order valence-electron chi connectivity index (χ4n) is 0.980. The molecule has 12 heavy (non-hydrogen) atoms. The molecular formula is C9H11N3. The van der Waals surface area contributed by atoms with Crippen LogP contribution in [0.1, 0.15) is 17.0 Å². The molecule has 1 rings (SSSR count). The van der Waals surface area contributed by atoms with Crippen LogP contribution in [-0.2, 0) is 0 Å². The van der Waals surface area contributed by atoms with Gasteiger partial charge in [0.2, 0.25) is 0 Å². The van der Waals surface area contributed by atoms with Crippen LogP contribution in [0.4, 0.5) is 0 Å². The van der Waals surface area contributed by atoms with Gasteiger partial charge < -0.3 is 0 Å².